The summed E-state index contributed by atoms with van der Waals surface area (Å²) in [7, 11) is 0. The molecule has 5 heterocycles. The van der Waals surface area contributed by atoms with E-state index >= 15 is 4.39 Å². The van der Waals surface area contributed by atoms with Crippen molar-refractivity contribution in [2.75, 3.05) is 65.5 Å². The van der Waals surface area contributed by atoms with Gasteiger partial charge in [0.05, 0.1) is 41.9 Å². The van der Waals surface area contributed by atoms with Crippen LogP contribution in [0.25, 0.3) is 10.8 Å². The Morgan fingerprint density at radius 1 is 0.778 bits per heavy atom. The number of nitrogens with zero attached hydrogens (tertiary/aromatic N) is 4. The molecular formula is C55H68FN9O7. The number of benzene rings is 3. The van der Waals surface area contributed by atoms with E-state index in [1.807, 2.05) is 35.2 Å². The first-order chi connectivity index (χ1) is 34.9. The summed E-state index contributed by atoms with van der Waals surface area (Å²) in [6, 6.07) is 19.1. The van der Waals surface area contributed by atoms with Gasteiger partial charge in [0.1, 0.15) is 11.9 Å². The number of H-pyrrole nitrogens is 1. The molecule has 2 atom stereocenters. The van der Waals surface area contributed by atoms with Crippen molar-refractivity contribution in [1.82, 2.24) is 46.2 Å². The molecule has 0 spiro atoms. The van der Waals surface area contributed by atoms with Gasteiger partial charge in [0.15, 0.2) is 0 Å². The molecule has 11 rings (SSSR count). The zero-order chi connectivity index (χ0) is 49.8. The van der Waals surface area contributed by atoms with Crippen molar-refractivity contribution in [2.45, 2.75) is 119 Å². The van der Waals surface area contributed by atoms with Crippen LogP contribution in [0, 0.1) is 11.7 Å². The number of aromatic amines is 1. The molecule has 7 fully saturated rings. The number of carbonyl (C=O) groups is 5. The van der Waals surface area contributed by atoms with Crippen LogP contribution in [0.2, 0.25) is 0 Å². The minimum atomic E-state index is -0.676. The number of hydrogen-bond donors (Lipinski definition) is 5. The van der Waals surface area contributed by atoms with Crippen LogP contribution in [-0.4, -0.2) is 143 Å². The highest BCUT2D eigenvalue weighted by atomic mass is 19.1. The average molecular weight is 986 g/mol. The average Bonchev–Trinajstić information content (AvgIpc) is 4.27. The molecule has 4 saturated heterocycles. The third-order valence-corrected chi connectivity index (χ3v) is 16.5. The van der Waals surface area contributed by atoms with E-state index in [1.165, 1.54) is 6.07 Å². The fourth-order valence-corrected chi connectivity index (χ4v) is 11.8. The van der Waals surface area contributed by atoms with Gasteiger partial charge in [-0.2, -0.15) is 5.10 Å². The Morgan fingerprint density at radius 3 is 2.28 bits per heavy atom. The number of aromatic nitrogens is 2. The largest absolute Gasteiger partial charge is 0.371 e. The van der Waals surface area contributed by atoms with Crippen LogP contribution in [0.1, 0.15) is 127 Å². The van der Waals surface area contributed by atoms with Crippen molar-refractivity contribution in [3.05, 3.63) is 111 Å². The molecule has 3 saturated carbocycles. The van der Waals surface area contributed by atoms with Crippen molar-refractivity contribution >= 4 is 40.3 Å². The molecule has 382 valence electrons. The third-order valence-electron chi connectivity index (χ3n) is 16.5. The molecule has 17 heteroatoms. The van der Waals surface area contributed by atoms with E-state index in [2.05, 4.69) is 31.5 Å². The van der Waals surface area contributed by atoms with Gasteiger partial charge in [0, 0.05) is 80.7 Å². The summed E-state index contributed by atoms with van der Waals surface area (Å²) in [6.45, 7) is 3.79. The van der Waals surface area contributed by atoms with Crippen molar-refractivity contribution < 1.29 is 33.1 Å². The molecule has 2 bridgehead atoms. The molecule has 1 aromatic heterocycles. The maximum atomic E-state index is 15.1. The molecular weight excluding hydrogens is 918 g/mol. The normalized spacial score (nSPS) is 24.0. The quantitative estimate of drug-likeness (QED) is 0.106. The van der Waals surface area contributed by atoms with Crippen LogP contribution < -0.4 is 26.8 Å². The SMILES string of the molecule is O=C(N[C@@H](C(=O)NCC12CCC(NCC(=O)N3CCN(C(=O)c4cc(Cc5n[nH]c(=O)c6ccccc56)ccc4F)CC3)(CC1)CO2)C1CCCCC1)c1cccc([C@@H]2CCCN(C(=O)CNC3CC3)C2)c1. The number of halogens is 1. The number of piperidine rings is 1. The van der Waals surface area contributed by atoms with E-state index in [0.29, 0.717) is 92.2 Å². The number of fused-ring (bicyclic) bond motifs is 4. The summed E-state index contributed by atoms with van der Waals surface area (Å²) in [6.07, 6.45) is 12.3. The van der Waals surface area contributed by atoms with Gasteiger partial charge in [-0.1, -0.05) is 55.7 Å². The van der Waals surface area contributed by atoms with Gasteiger partial charge in [-0.05, 0) is 112 Å². The van der Waals surface area contributed by atoms with Crippen LogP contribution in [-0.2, 0) is 25.5 Å². The van der Waals surface area contributed by atoms with Gasteiger partial charge in [-0.25, -0.2) is 9.49 Å². The number of ether oxygens (including phenoxy) is 1. The zero-order valence-corrected chi connectivity index (χ0v) is 41.2. The fourth-order valence-electron chi connectivity index (χ4n) is 11.8. The first-order valence-corrected chi connectivity index (χ1v) is 26.3. The van der Waals surface area contributed by atoms with Gasteiger partial charge < -0.3 is 40.7 Å². The molecule has 3 aromatic carbocycles. The summed E-state index contributed by atoms with van der Waals surface area (Å²) in [5.74, 6) is -1.30. The second-order valence-electron chi connectivity index (χ2n) is 21.3. The fraction of sp³-hybridized carbons (Fsp3) is 0.545. The second-order valence-corrected chi connectivity index (χ2v) is 21.3. The Bertz CT molecular complexity index is 2710. The predicted octanol–water partition coefficient (Wildman–Crippen LogP) is 4.56. The van der Waals surface area contributed by atoms with E-state index < -0.39 is 23.4 Å². The molecule has 4 aliphatic heterocycles. The van der Waals surface area contributed by atoms with Gasteiger partial charge in [0.25, 0.3) is 17.4 Å². The van der Waals surface area contributed by atoms with Crippen LogP contribution in [0.4, 0.5) is 4.39 Å². The van der Waals surface area contributed by atoms with E-state index in [-0.39, 0.29) is 71.8 Å². The van der Waals surface area contributed by atoms with E-state index in [1.54, 1.807) is 40.1 Å². The van der Waals surface area contributed by atoms with E-state index in [4.69, 9.17) is 4.74 Å². The van der Waals surface area contributed by atoms with Crippen molar-refractivity contribution in [1.29, 1.82) is 0 Å². The van der Waals surface area contributed by atoms with Gasteiger partial charge >= 0.3 is 0 Å². The van der Waals surface area contributed by atoms with Crippen molar-refractivity contribution in [3.63, 3.8) is 0 Å². The van der Waals surface area contributed by atoms with E-state index in [0.717, 1.165) is 82.7 Å². The zero-order valence-electron chi connectivity index (χ0n) is 41.2. The minimum Gasteiger partial charge on any atom is -0.371 e. The Hall–Kier alpha value is -6.04. The highest BCUT2D eigenvalue weighted by Crippen LogP contribution is 2.43. The van der Waals surface area contributed by atoms with Crippen LogP contribution in [0.15, 0.2) is 71.5 Å². The van der Waals surface area contributed by atoms with Crippen LogP contribution in [0.5, 0.6) is 0 Å². The number of amides is 5. The lowest BCUT2D eigenvalue weighted by molar-refractivity contribution is -0.163. The van der Waals surface area contributed by atoms with Gasteiger partial charge in [-0.15, -0.1) is 0 Å². The Morgan fingerprint density at radius 2 is 1.53 bits per heavy atom. The van der Waals surface area contributed by atoms with Gasteiger partial charge in [-0.3, -0.25) is 28.8 Å². The van der Waals surface area contributed by atoms with Crippen molar-refractivity contribution in [2.24, 2.45) is 5.92 Å². The molecule has 4 aromatic rings. The molecule has 5 amide bonds. The first-order valence-electron chi connectivity index (χ1n) is 26.3. The highest BCUT2D eigenvalue weighted by molar-refractivity contribution is 5.98. The lowest BCUT2D eigenvalue weighted by atomic mass is 9.71. The summed E-state index contributed by atoms with van der Waals surface area (Å²) in [5, 5.41) is 21.2. The molecule has 7 aliphatic rings. The second kappa shape index (κ2) is 21.6. The topological polar surface area (TPSA) is 198 Å². The lowest BCUT2D eigenvalue weighted by Crippen LogP contribution is -2.66. The Balaban J connectivity index is 0.685. The Labute approximate surface area is 419 Å². The molecule has 72 heavy (non-hydrogen) atoms. The molecule has 3 aliphatic carbocycles. The van der Waals surface area contributed by atoms with Crippen molar-refractivity contribution in [3.8, 4) is 0 Å². The highest BCUT2D eigenvalue weighted by Gasteiger charge is 2.50. The summed E-state index contributed by atoms with van der Waals surface area (Å²) in [4.78, 5) is 85.8. The van der Waals surface area contributed by atoms with Crippen LogP contribution >= 0.6 is 0 Å². The third kappa shape index (κ3) is 11.3. The van der Waals surface area contributed by atoms with Crippen LogP contribution in [0.3, 0.4) is 0 Å². The number of rotatable bonds is 16. The number of carbonyl (C=O) groups excluding carboxylic acids is 5. The number of nitrogens with one attached hydrogen (secondary N) is 5. The monoisotopic (exact) mass is 986 g/mol. The predicted molar refractivity (Wildman–Crippen MR) is 269 cm³/mol. The number of piperazine rings is 1. The number of likely N-dealkylation sites (tertiary alicyclic amines) is 1. The first kappa shape index (κ1) is 49.5. The maximum Gasteiger partial charge on any atom is 0.272 e. The summed E-state index contributed by atoms with van der Waals surface area (Å²) in [5.41, 5.74) is 1.60. The smallest absolute Gasteiger partial charge is 0.272 e. The minimum absolute atomic E-state index is 0.0301. The lowest BCUT2D eigenvalue weighted by Gasteiger charge is -2.53. The molecule has 16 nitrogen and oxygen atoms in total. The maximum absolute atomic E-state index is 15.1. The molecule has 0 unspecified atom stereocenters. The summed E-state index contributed by atoms with van der Waals surface area (Å²) >= 11 is 0. The summed E-state index contributed by atoms with van der Waals surface area (Å²) < 4.78 is 21.7. The molecule has 0 radical (unpaired) electrons. The number of hydrogen-bond acceptors (Lipinski definition) is 10. The van der Waals surface area contributed by atoms with Gasteiger partial charge in [0.2, 0.25) is 17.7 Å². The molecule has 5 N–H and O–H groups in total. The van der Waals surface area contributed by atoms with E-state index in [9.17, 15) is 28.8 Å². The Kier molecular flexibility index (Phi) is 14.8. The standard InChI is InChI=1S/C55H68FN9O7/c56-45-18-15-36(29-46-42-13-4-5-14-43(42)51(69)62-61-46)28-44(45)53(71)64-26-24-63(25-27-64)48(67)32-59-54-19-21-55(22-20-54,72-35-54)34-58-52(70)49(37-8-2-1-3-9-37)60-50(68)39-11-6-10-38(30-39)40-12-7-23-65(33-40)47(66)31-57-41-16-17-41/h4-6,10-11,13-15,18,28,30,37,40-41,49,57,59H,1-3,7-9,12,16-17,19-27,29,31-35H2,(H,58,70)(H,60,68)(H,62,69)/t40-,49-,54?,55?/m1/s1.